The van der Waals surface area contributed by atoms with E-state index in [1.54, 1.807) is 0 Å². The Labute approximate surface area is 62.2 Å². The van der Waals surface area contributed by atoms with Crippen LogP contribution in [0.25, 0.3) is 0 Å². The Hall–Kier alpha value is -0.520. The van der Waals surface area contributed by atoms with Crippen molar-refractivity contribution in [1.29, 1.82) is 0 Å². The van der Waals surface area contributed by atoms with Crippen LogP contribution in [0.2, 0.25) is 0 Å². The highest BCUT2D eigenvalue weighted by Gasteiger charge is 2.02. The van der Waals surface area contributed by atoms with Crippen molar-refractivity contribution in [3.63, 3.8) is 0 Å². The fourth-order valence-electron chi connectivity index (χ4n) is 0.498. The molecule has 0 aromatic carbocycles. The van der Waals surface area contributed by atoms with E-state index in [1.807, 2.05) is 13.8 Å². The van der Waals surface area contributed by atoms with E-state index in [9.17, 15) is 0 Å². The van der Waals surface area contributed by atoms with Gasteiger partial charge in [-0.3, -0.25) is 0 Å². The van der Waals surface area contributed by atoms with Crippen molar-refractivity contribution in [2.24, 2.45) is 0 Å². The van der Waals surface area contributed by atoms with Gasteiger partial charge in [0.05, 0.1) is 18.8 Å². The fraction of sp³-hybridized carbons (Fsp3) is 0.750. The predicted molar refractivity (Wildman–Crippen MR) is 40.5 cm³/mol. The lowest BCUT2D eigenvalue weighted by molar-refractivity contribution is 0.00807. The molecule has 1 N–H and O–H groups in total. The third-order valence-corrected chi connectivity index (χ3v) is 0.975. The molecule has 0 aliphatic heterocycles. The Morgan fingerprint density at radius 3 is 2.60 bits per heavy atom. The van der Waals surface area contributed by atoms with E-state index in [-0.39, 0.29) is 6.10 Å². The average Bonchev–Trinajstić information content (AvgIpc) is 1.85. The summed E-state index contributed by atoms with van der Waals surface area (Å²) in [4.78, 5) is 0. The van der Waals surface area contributed by atoms with Crippen LogP contribution in [0.4, 0.5) is 0 Å². The molecule has 0 aliphatic rings. The average molecular weight is 142 g/mol. The fourth-order valence-corrected chi connectivity index (χ4v) is 0.498. The van der Waals surface area contributed by atoms with Gasteiger partial charge in [0.15, 0.2) is 0 Å². The van der Waals surface area contributed by atoms with Crippen molar-refractivity contribution in [2.75, 3.05) is 6.61 Å². The molecule has 1 atom stereocenters. The van der Waals surface area contributed by atoms with E-state index in [0.717, 1.165) is 0 Å². The van der Waals surface area contributed by atoms with Crippen molar-refractivity contribution >= 4 is 0 Å². The summed E-state index contributed by atoms with van der Waals surface area (Å²) in [5.74, 6) is 2.36. The number of aliphatic hydroxyl groups excluding tert-OH is 1. The largest absolute Gasteiger partial charge is 0.390 e. The quantitative estimate of drug-likeness (QED) is 0.588. The van der Waals surface area contributed by atoms with Gasteiger partial charge >= 0.3 is 0 Å². The zero-order chi connectivity index (χ0) is 7.98. The smallest absolute Gasteiger partial charge is 0.0882 e. The second-order valence-electron chi connectivity index (χ2n) is 2.44. The van der Waals surface area contributed by atoms with Gasteiger partial charge in [0, 0.05) is 6.42 Å². The summed E-state index contributed by atoms with van der Waals surface area (Å²) in [6, 6.07) is 0. The molecule has 0 rings (SSSR count). The first-order valence-electron chi connectivity index (χ1n) is 3.40. The van der Waals surface area contributed by atoms with Crippen LogP contribution in [0.3, 0.4) is 0 Å². The Kier molecular flexibility index (Phi) is 5.00. The normalized spacial score (nSPS) is 13.1. The van der Waals surface area contributed by atoms with Crippen molar-refractivity contribution < 1.29 is 9.84 Å². The number of hydrogen-bond acceptors (Lipinski definition) is 2. The van der Waals surface area contributed by atoms with Crippen molar-refractivity contribution in [3.8, 4) is 12.3 Å². The highest BCUT2D eigenvalue weighted by atomic mass is 16.5. The summed E-state index contributed by atoms with van der Waals surface area (Å²) in [6.45, 7) is 4.17. The topological polar surface area (TPSA) is 29.5 Å². The highest BCUT2D eigenvalue weighted by Crippen LogP contribution is 1.94. The van der Waals surface area contributed by atoms with Gasteiger partial charge in [-0.1, -0.05) is 0 Å². The van der Waals surface area contributed by atoms with Gasteiger partial charge in [-0.2, -0.15) is 0 Å². The van der Waals surface area contributed by atoms with Gasteiger partial charge in [0.2, 0.25) is 0 Å². The Morgan fingerprint density at radius 2 is 2.20 bits per heavy atom. The van der Waals surface area contributed by atoms with Crippen molar-refractivity contribution in [1.82, 2.24) is 0 Å². The van der Waals surface area contributed by atoms with Crippen molar-refractivity contribution in [3.05, 3.63) is 0 Å². The van der Waals surface area contributed by atoms with Crippen LogP contribution in [0.5, 0.6) is 0 Å². The van der Waals surface area contributed by atoms with Gasteiger partial charge in [-0.05, 0) is 13.8 Å². The first-order chi connectivity index (χ1) is 4.66. The lowest BCUT2D eigenvalue weighted by atomic mass is 10.3. The molecular formula is C8H14O2. The van der Waals surface area contributed by atoms with Crippen LogP contribution in [0, 0.1) is 12.3 Å². The zero-order valence-electron chi connectivity index (χ0n) is 6.50. The Morgan fingerprint density at radius 1 is 1.60 bits per heavy atom. The maximum atomic E-state index is 9.03. The number of hydrogen-bond donors (Lipinski definition) is 1. The van der Waals surface area contributed by atoms with Crippen LogP contribution in [-0.2, 0) is 4.74 Å². The minimum atomic E-state index is -0.507. The number of terminal acetylenes is 1. The minimum Gasteiger partial charge on any atom is -0.390 e. The number of aliphatic hydroxyl groups is 1. The lowest BCUT2D eigenvalue weighted by Gasteiger charge is -2.10. The molecule has 0 saturated heterocycles. The molecule has 0 saturated carbocycles. The number of ether oxygens (including phenoxy) is 1. The van der Waals surface area contributed by atoms with E-state index >= 15 is 0 Å². The molecule has 0 bridgehead atoms. The first-order valence-corrected chi connectivity index (χ1v) is 3.40. The number of rotatable bonds is 4. The second-order valence-corrected chi connectivity index (χ2v) is 2.44. The van der Waals surface area contributed by atoms with Gasteiger partial charge in [-0.25, -0.2) is 0 Å². The summed E-state index contributed by atoms with van der Waals surface area (Å²) in [6.07, 6.45) is 4.99. The molecule has 1 unspecified atom stereocenters. The lowest BCUT2D eigenvalue weighted by Crippen LogP contribution is -2.17. The van der Waals surface area contributed by atoms with Crippen molar-refractivity contribution in [2.45, 2.75) is 32.5 Å². The first kappa shape index (κ1) is 9.48. The third-order valence-electron chi connectivity index (χ3n) is 0.975. The zero-order valence-corrected chi connectivity index (χ0v) is 6.50. The summed E-state index contributed by atoms with van der Waals surface area (Å²) < 4.78 is 5.11. The molecule has 0 aliphatic carbocycles. The molecule has 0 amide bonds. The van der Waals surface area contributed by atoms with E-state index in [2.05, 4.69) is 5.92 Å². The van der Waals surface area contributed by atoms with Crippen LogP contribution < -0.4 is 0 Å². The SMILES string of the molecule is C#CCC(O)COC(C)C. The molecule has 0 radical (unpaired) electrons. The molecule has 0 fully saturated rings. The molecule has 0 heterocycles. The predicted octanol–water partition coefficient (Wildman–Crippen LogP) is 0.796. The van der Waals surface area contributed by atoms with Gasteiger partial charge < -0.3 is 9.84 Å². The van der Waals surface area contributed by atoms with Gasteiger partial charge in [-0.15, -0.1) is 12.3 Å². The van der Waals surface area contributed by atoms with E-state index in [0.29, 0.717) is 13.0 Å². The summed E-state index contributed by atoms with van der Waals surface area (Å²) in [5, 5.41) is 9.03. The molecule has 10 heavy (non-hydrogen) atoms. The molecule has 0 spiro atoms. The maximum Gasteiger partial charge on any atom is 0.0882 e. The summed E-state index contributed by atoms with van der Waals surface area (Å²) >= 11 is 0. The second kappa shape index (κ2) is 5.28. The molecule has 0 aromatic heterocycles. The molecular weight excluding hydrogens is 128 g/mol. The standard InChI is InChI=1S/C8H14O2/c1-4-5-8(9)6-10-7(2)3/h1,7-9H,5-6H2,2-3H3. The Bertz CT molecular complexity index is 113. The molecule has 2 heteroatoms. The van der Waals surface area contributed by atoms with Gasteiger partial charge in [0.1, 0.15) is 0 Å². The monoisotopic (exact) mass is 142 g/mol. The van der Waals surface area contributed by atoms with E-state index < -0.39 is 6.10 Å². The summed E-state index contributed by atoms with van der Waals surface area (Å²) in [5.41, 5.74) is 0. The molecule has 0 aromatic rings. The van der Waals surface area contributed by atoms with Crippen LogP contribution in [0.1, 0.15) is 20.3 Å². The highest BCUT2D eigenvalue weighted by molar-refractivity contribution is 4.86. The van der Waals surface area contributed by atoms with Crippen LogP contribution in [0.15, 0.2) is 0 Å². The van der Waals surface area contributed by atoms with Crippen LogP contribution in [-0.4, -0.2) is 23.9 Å². The molecule has 58 valence electrons. The summed E-state index contributed by atoms with van der Waals surface area (Å²) in [7, 11) is 0. The van der Waals surface area contributed by atoms with E-state index in [1.165, 1.54) is 0 Å². The Balaban J connectivity index is 3.23. The third kappa shape index (κ3) is 5.61. The molecule has 2 nitrogen and oxygen atoms in total. The minimum absolute atomic E-state index is 0.160. The van der Waals surface area contributed by atoms with Crippen LogP contribution >= 0.6 is 0 Å². The van der Waals surface area contributed by atoms with E-state index in [4.69, 9.17) is 16.3 Å². The maximum absolute atomic E-state index is 9.03. The van der Waals surface area contributed by atoms with Gasteiger partial charge in [0.25, 0.3) is 0 Å².